The second kappa shape index (κ2) is 16.8. The summed E-state index contributed by atoms with van der Waals surface area (Å²) in [4.78, 5) is 0. The highest BCUT2D eigenvalue weighted by Gasteiger charge is 2.49. The van der Waals surface area contributed by atoms with E-state index in [4.69, 9.17) is 23.1 Å². The molecule has 0 amide bonds. The molecular weight excluding hydrogens is 585 g/mol. The van der Waals surface area contributed by atoms with E-state index in [-0.39, 0.29) is 0 Å². The first kappa shape index (κ1) is 39.3. The van der Waals surface area contributed by atoms with Crippen LogP contribution in [0.5, 0.6) is 0 Å². The van der Waals surface area contributed by atoms with E-state index >= 15 is 0 Å². The number of aliphatic hydroxyl groups is 1. The third kappa shape index (κ3) is 9.37. The van der Waals surface area contributed by atoms with Gasteiger partial charge in [0.15, 0.2) is 5.79 Å². The highest BCUT2D eigenvalue weighted by atomic mass is 28.4. The highest BCUT2D eigenvalue weighted by molar-refractivity contribution is 6.78. The summed E-state index contributed by atoms with van der Waals surface area (Å²) in [6.45, 7) is 32.9. The molecule has 1 aliphatic heterocycles. The number of aliphatic hydroxyl groups excluding tert-OH is 1. The molecule has 254 valence electrons. The van der Waals surface area contributed by atoms with Gasteiger partial charge in [0.25, 0.3) is 0 Å². The van der Waals surface area contributed by atoms with Crippen LogP contribution in [0.1, 0.15) is 102 Å². The van der Waals surface area contributed by atoms with Crippen molar-refractivity contribution in [2.75, 3.05) is 19.8 Å². The Morgan fingerprint density at radius 3 is 1.73 bits per heavy atom. The molecule has 8 heteroatoms. The average molecular weight is 651 g/mol. The second-order valence-corrected chi connectivity index (χ2v) is 26.0. The van der Waals surface area contributed by atoms with Gasteiger partial charge in [-0.2, -0.15) is 0 Å². The fourth-order valence-electron chi connectivity index (χ4n) is 8.10. The van der Waals surface area contributed by atoms with Crippen LogP contribution >= 0.6 is 0 Å². The lowest BCUT2D eigenvalue weighted by molar-refractivity contribution is -0.156. The van der Waals surface area contributed by atoms with E-state index in [0.29, 0.717) is 59.7 Å². The van der Waals surface area contributed by atoms with Gasteiger partial charge in [-0.05, 0) is 58.2 Å². The number of hydrogen-bond donors (Lipinski definition) is 1. The third-order valence-corrected chi connectivity index (χ3v) is 22.0. The van der Waals surface area contributed by atoms with E-state index in [0.717, 1.165) is 11.1 Å². The molecule has 2 rings (SSSR count). The van der Waals surface area contributed by atoms with Crippen LogP contribution in [-0.4, -0.2) is 65.7 Å². The largest absolute Gasteiger partial charge is 0.412 e. The summed E-state index contributed by atoms with van der Waals surface area (Å²) >= 11 is 0. The third-order valence-electron chi connectivity index (χ3n) is 9.89. The zero-order chi connectivity index (χ0) is 33.5. The van der Waals surface area contributed by atoms with Gasteiger partial charge < -0.3 is 28.2 Å². The first-order valence-electron chi connectivity index (χ1n) is 17.0. The Morgan fingerprint density at radius 1 is 0.773 bits per heavy atom. The van der Waals surface area contributed by atoms with Gasteiger partial charge in [0.2, 0.25) is 16.6 Å². The predicted octanol–water partition coefficient (Wildman–Crippen LogP) is 9.39. The lowest BCUT2D eigenvalue weighted by Gasteiger charge is -2.43. The maximum atomic E-state index is 12.1. The van der Waals surface area contributed by atoms with Crippen LogP contribution in [0.15, 0.2) is 42.0 Å². The van der Waals surface area contributed by atoms with E-state index in [2.05, 4.69) is 89.2 Å². The minimum absolute atomic E-state index is 0.317. The van der Waals surface area contributed by atoms with Crippen molar-refractivity contribution in [1.82, 2.24) is 0 Å². The SMILES string of the molecule is CC(C)[Si](OC/C=C(\CO[Si](C(C)C)(C(C)C)C(C)C)C(O)[C@@H]1OC(C)(C)O[C@H]1COCc1ccccc1)(C(C)C)C(C)C. The number of benzene rings is 1. The van der Waals surface area contributed by atoms with Crippen molar-refractivity contribution in [2.24, 2.45) is 0 Å². The van der Waals surface area contributed by atoms with E-state index in [1.54, 1.807) is 0 Å². The van der Waals surface area contributed by atoms with Gasteiger partial charge in [-0.1, -0.05) is 119 Å². The molecule has 6 nitrogen and oxygen atoms in total. The maximum absolute atomic E-state index is 12.1. The minimum atomic E-state index is -2.19. The van der Waals surface area contributed by atoms with Crippen molar-refractivity contribution < 1.29 is 28.2 Å². The van der Waals surface area contributed by atoms with Crippen LogP contribution in [-0.2, 0) is 29.7 Å². The molecule has 0 radical (unpaired) electrons. The molecule has 0 bridgehead atoms. The molecule has 1 unspecified atom stereocenters. The fourth-order valence-corrected chi connectivity index (χ4v) is 18.9. The van der Waals surface area contributed by atoms with Crippen LogP contribution in [0.4, 0.5) is 0 Å². The number of ether oxygens (including phenoxy) is 3. The molecule has 0 aromatic heterocycles. The summed E-state index contributed by atoms with van der Waals surface area (Å²) in [7, 11) is -4.28. The Morgan fingerprint density at radius 2 is 1.25 bits per heavy atom. The summed E-state index contributed by atoms with van der Waals surface area (Å²) in [6, 6.07) is 10.1. The lowest BCUT2D eigenvalue weighted by atomic mass is 10.0. The minimum Gasteiger partial charge on any atom is -0.412 e. The summed E-state index contributed by atoms with van der Waals surface area (Å²) in [6.07, 6.45) is 0.144. The van der Waals surface area contributed by atoms with E-state index in [9.17, 15) is 5.11 Å². The van der Waals surface area contributed by atoms with Crippen molar-refractivity contribution in [3.05, 3.63) is 47.5 Å². The van der Waals surface area contributed by atoms with Gasteiger partial charge in [0.1, 0.15) is 18.3 Å². The number of hydrogen-bond acceptors (Lipinski definition) is 6. The Labute approximate surface area is 272 Å². The standard InChI is InChI=1S/C36H66O6Si2/c1-25(2)43(26(3)4,27(5)6)39-21-20-32(23-40-44(28(7)8,29(9)10)30(11)12)34(37)35-33(41-36(13,14)42-35)24-38-22-31-18-16-15-17-19-31/h15-20,25-30,33-35,37H,21-24H2,1-14H3/b32-20+/t33-,34?,35+/m0/s1. The molecule has 1 aromatic rings. The van der Waals surface area contributed by atoms with Gasteiger partial charge in [0.05, 0.1) is 26.4 Å². The highest BCUT2D eigenvalue weighted by Crippen LogP contribution is 2.44. The molecule has 1 fully saturated rings. The zero-order valence-electron chi connectivity index (χ0n) is 30.5. The molecule has 44 heavy (non-hydrogen) atoms. The molecule has 1 aromatic carbocycles. The van der Waals surface area contributed by atoms with Gasteiger partial charge in [-0.25, -0.2) is 0 Å². The molecule has 1 saturated heterocycles. The molecule has 0 saturated carbocycles. The Bertz CT molecular complexity index is 962. The Hall–Kier alpha value is -0.846. The van der Waals surface area contributed by atoms with Crippen LogP contribution < -0.4 is 0 Å². The normalized spacial score (nSPS) is 20.7. The first-order chi connectivity index (χ1) is 20.4. The summed E-state index contributed by atoms with van der Waals surface area (Å²) in [5, 5.41) is 12.1. The zero-order valence-corrected chi connectivity index (χ0v) is 32.5. The van der Waals surface area contributed by atoms with Crippen LogP contribution in [0.3, 0.4) is 0 Å². The summed E-state index contributed by atoms with van der Waals surface area (Å²) in [5.74, 6) is -0.837. The first-order valence-corrected chi connectivity index (χ1v) is 21.3. The molecule has 0 aliphatic carbocycles. The lowest BCUT2D eigenvalue weighted by Crippen LogP contribution is -2.49. The molecular formula is C36H66O6Si2. The van der Waals surface area contributed by atoms with Gasteiger partial charge in [-0.15, -0.1) is 0 Å². The second-order valence-electron chi connectivity index (χ2n) is 15.1. The fraction of sp³-hybridized carbons (Fsp3) is 0.778. The average Bonchev–Trinajstić information content (AvgIpc) is 3.23. The van der Waals surface area contributed by atoms with Crippen LogP contribution in [0, 0.1) is 0 Å². The van der Waals surface area contributed by atoms with Crippen molar-refractivity contribution in [1.29, 1.82) is 0 Å². The van der Waals surface area contributed by atoms with E-state index < -0.39 is 40.7 Å². The topological polar surface area (TPSA) is 66.4 Å². The summed E-state index contributed by atoms with van der Waals surface area (Å²) < 4.78 is 32.7. The molecule has 0 spiro atoms. The number of rotatable bonds is 18. The summed E-state index contributed by atoms with van der Waals surface area (Å²) in [5.41, 5.74) is 4.63. The van der Waals surface area contributed by atoms with Crippen molar-refractivity contribution in [3.63, 3.8) is 0 Å². The Balaban J connectivity index is 2.41. The maximum Gasteiger partial charge on any atom is 0.200 e. The van der Waals surface area contributed by atoms with Crippen LogP contribution in [0.2, 0.25) is 33.2 Å². The van der Waals surface area contributed by atoms with E-state index in [1.165, 1.54) is 0 Å². The smallest absolute Gasteiger partial charge is 0.200 e. The van der Waals surface area contributed by atoms with Gasteiger partial charge >= 0.3 is 0 Å². The predicted molar refractivity (Wildman–Crippen MR) is 188 cm³/mol. The molecule has 1 N–H and O–H groups in total. The van der Waals surface area contributed by atoms with Crippen molar-refractivity contribution in [3.8, 4) is 0 Å². The molecule has 1 heterocycles. The Kier molecular flexibility index (Phi) is 15.0. The van der Waals surface area contributed by atoms with Gasteiger partial charge in [-0.3, -0.25) is 0 Å². The molecule has 1 aliphatic rings. The quantitative estimate of drug-likeness (QED) is 0.126. The van der Waals surface area contributed by atoms with Crippen LogP contribution in [0.25, 0.3) is 0 Å². The van der Waals surface area contributed by atoms with Crippen molar-refractivity contribution in [2.45, 2.75) is 161 Å². The van der Waals surface area contributed by atoms with Crippen molar-refractivity contribution >= 4 is 16.6 Å². The van der Waals surface area contributed by atoms with E-state index in [1.807, 2.05) is 44.2 Å². The molecule has 3 atom stereocenters. The monoisotopic (exact) mass is 650 g/mol. The van der Waals surface area contributed by atoms with Gasteiger partial charge in [0, 0.05) is 0 Å².